The molecule has 42 heavy (non-hydrogen) atoms. The number of aromatic nitrogens is 1. The van der Waals surface area contributed by atoms with Gasteiger partial charge in [0, 0.05) is 32.0 Å². The summed E-state index contributed by atoms with van der Waals surface area (Å²) in [6, 6.07) is 49.3. The Hall–Kier alpha value is -4.60. The van der Waals surface area contributed by atoms with E-state index in [2.05, 4.69) is 168 Å². The lowest BCUT2D eigenvalue weighted by Gasteiger charge is -2.21. The number of rotatable bonds is 2. The van der Waals surface area contributed by atoms with Gasteiger partial charge in [-0.05, 0) is 81.9 Å². The summed E-state index contributed by atoms with van der Waals surface area (Å²) in [7, 11) is 0. The zero-order chi connectivity index (χ0) is 28.8. The maximum absolute atomic E-state index is 5.89. The highest BCUT2D eigenvalue weighted by atomic mass is 79.9. The Morgan fingerprint density at radius 2 is 1.19 bits per heavy atom. The molecular weight excluding hydrogens is 576 g/mol. The molecule has 0 spiro atoms. The fraction of sp³-hybridized carbons (Fsp3) is 0.0769. The Morgan fingerprint density at radius 3 is 2.00 bits per heavy atom. The summed E-state index contributed by atoms with van der Waals surface area (Å²) in [5, 5.41) is 2.57. The molecule has 0 amide bonds. The third-order valence-corrected chi connectivity index (χ3v) is 9.00. The van der Waals surface area contributed by atoms with Gasteiger partial charge in [0.2, 0.25) is 0 Å². The number of para-hydroxylation sites is 2. The van der Waals surface area contributed by atoms with Crippen molar-refractivity contribution in [2.45, 2.75) is 19.3 Å². The van der Waals surface area contributed by atoms with Crippen LogP contribution in [0.5, 0.6) is 0 Å². The topological polar surface area (TPSA) is 30.9 Å². The third kappa shape index (κ3) is 4.42. The molecule has 0 bridgehead atoms. The summed E-state index contributed by atoms with van der Waals surface area (Å²) in [5.74, 6) is 0. The number of anilines is 1. The van der Waals surface area contributed by atoms with E-state index >= 15 is 0 Å². The van der Waals surface area contributed by atoms with E-state index in [1.165, 1.54) is 60.9 Å². The Morgan fingerprint density at radius 1 is 0.548 bits per heavy atom. The third-order valence-electron chi connectivity index (χ3n) is 8.47. The van der Waals surface area contributed by atoms with Crippen molar-refractivity contribution in [3.05, 3.63) is 155 Å². The van der Waals surface area contributed by atoms with Gasteiger partial charge >= 0.3 is 0 Å². The van der Waals surface area contributed by atoms with Crippen LogP contribution in [0.2, 0.25) is 0 Å². The largest absolute Gasteiger partial charge is 0.399 e. The van der Waals surface area contributed by atoms with E-state index in [-0.39, 0.29) is 5.41 Å². The molecule has 1 aliphatic carbocycles. The van der Waals surface area contributed by atoms with E-state index in [1.807, 2.05) is 6.07 Å². The number of nitrogens with two attached hydrogens (primary N) is 1. The molecule has 0 atom stereocenters. The van der Waals surface area contributed by atoms with Gasteiger partial charge in [-0.15, -0.1) is 0 Å². The van der Waals surface area contributed by atoms with Crippen molar-refractivity contribution >= 4 is 43.4 Å². The molecule has 2 nitrogen and oxygen atoms in total. The average Bonchev–Trinajstić information content (AvgIpc) is 3.47. The van der Waals surface area contributed by atoms with Crippen molar-refractivity contribution in [1.82, 2.24) is 4.57 Å². The van der Waals surface area contributed by atoms with Gasteiger partial charge in [-0.3, -0.25) is 0 Å². The highest BCUT2D eigenvalue weighted by molar-refractivity contribution is 9.10. The Bertz CT molecular complexity index is 2070. The highest BCUT2D eigenvalue weighted by Gasteiger charge is 2.34. The lowest BCUT2D eigenvalue weighted by Crippen LogP contribution is -2.15. The number of hydrogen-bond acceptors (Lipinski definition) is 1. The molecule has 0 saturated heterocycles. The zero-order valence-electron chi connectivity index (χ0n) is 23.7. The molecule has 0 unspecified atom stereocenters. The molecule has 3 heteroatoms. The van der Waals surface area contributed by atoms with Gasteiger partial charge in [-0.1, -0.05) is 121 Å². The molecule has 0 saturated carbocycles. The predicted molar refractivity (Wildman–Crippen MR) is 182 cm³/mol. The first-order valence-corrected chi connectivity index (χ1v) is 15.1. The smallest absolute Gasteiger partial charge is 0.0547 e. The van der Waals surface area contributed by atoms with Crippen LogP contribution < -0.4 is 5.73 Å². The lowest BCUT2D eigenvalue weighted by atomic mass is 9.82. The Kier molecular flexibility index (Phi) is 6.48. The standard InChI is InChI=1S/C24H16BrN.C15H15N/c25-19-13-10-17(11-14-19)18-12-15-22-21-8-4-5-9-23(21)26(24(22)16-18)20-6-2-1-3-7-20;1-15(2)13-6-4-3-5-11(13)12-8-7-10(16)9-14(12)15/h1-16H;3-9H,16H2,1-2H3. The molecule has 8 rings (SSSR count). The van der Waals surface area contributed by atoms with Crippen LogP contribution in [0.3, 0.4) is 0 Å². The monoisotopic (exact) mass is 606 g/mol. The fourth-order valence-corrected chi connectivity index (χ4v) is 6.63. The Labute approximate surface area is 255 Å². The first-order chi connectivity index (χ1) is 20.4. The minimum absolute atomic E-state index is 0.0707. The van der Waals surface area contributed by atoms with Crippen LogP contribution in [-0.4, -0.2) is 4.57 Å². The van der Waals surface area contributed by atoms with Crippen LogP contribution in [-0.2, 0) is 5.41 Å². The van der Waals surface area contributed by atoms with Gasteiger partial charge in [0.05, 0.1) is 11.0 Å². The normalized spacial score (nSPS) is 12.9. The van der Waals surface area contributed by atoms with E-state index in [0.717, 1.165) is 10.2 Å². The van der Waals surface area contributed by atoms with Gasteiger partial charge in [0.25, 0.3) is 0 Å². The summed E-state index contributed by atoms with van der Waals surface area (Å²) < 4.78 is 3.45. The first-order valence-electron chi connectivity index (χ1n) is 14.3. The van der Waals surface area contributed by atoms with E-state index in [4.69, 9.17) is 5.73 Å². The van der Waals surface area contributed by atoms with Crippen molar-refractivity contribution in [2.75, 3.05) is 5.73 Å². The maximum Gasteiger partial charge on any atom is 0.0547 e. The number of hydrogen-bond donors (Lipinski definition) is 1. The minimum atomic E-state index is 0.0707. The molecule has 7 aromatic rings. The maximum atomic E-state index is 5.89. The van der Waals surface area contributed by atoms with Crippen molar-refractivity contribution in [3.63, 3.8) is 0 Å². The van der Waals surface area contributed by atoms with Gasteiger partial charge in [0.15, 0.2) is 0 Å². The van der Waals surface area contributed by atoms with E-state index in [1.54, 1.807) is 0 Å². The fourth-order valence-electron chi connectivity index (χ4n) is 6.37. The number of halogens is 1. The molecular formula is C39H31BrN2. The molecule has 1 heterocycles. The summed E-state index contributed by atoms with van der Waals surface area (Å²) in [6.07, 6.45) is 0. The van der Waals surface area contributed by atoms with Crippen LogP contribution in [0.4, 0.5) is 5.69 Å². The van der Waals surface area contributed by atoms with Crippen LogP contribution in [0.15, 0.2) is 144 Å². The summed E-state index contributed by atoms with van der Waals surface area (Å²) in [6.45, 7) is 4.52. The first kappa shape index (κ1) is 26.3. The summed E-state index contributed by atoms with van der Waals surface area (Å²) >= 11 is 3.52. The lowest BCUT2D eigenvalue weighted by molar-refractivity contribution is 0.660. The van der Waals surface area contributed by atoms with Crippen LogP contribution in [0.1, 0.15) is 25.0 Å². The molecule has 0 fully saturated rings. The number of benzene rings is 6. The van der Waals surface area contributed by atoms with Crippen molar-refractivity contribution in [1.29, 1.82) is 0 Å². The van der Waals surface area contributed by atoms with Gasteiger partial charge in [-0.25, -0.2) is 0 Å². The quantitative estimate of drug-likeness (QED) is 0.195. The molecule has 204 valence electrons. The van der Waals surface area contributed by atoms with Crippen molar-refractivity contribution in [2.24, 2.45) is 0 Å². The molecule has 2 N–H and O–H groups in total. The molecule has 0 radical (unpaired) electrons. The number of fused-ring (bicyclic) bond motifs is 6. The van der Waals surface area contributed by atoms with Crippen molar-refractivity contribution < 1.29 is 0 Å². The molecule has 6 aromatic carbocycles. The average molecular weight is 608 g/mol. The van der Waals surface area contributed by atoms with Gasteiger partial charge in [-0.2, -0.15) is 0 Å². The second-order valence-electron chi connectivity index (χ2n) is 11.4. The second kappa shape index (κ2) is 10.3. The number of nitrogens with zero attached hydrogens (tertiary/aromatic N) is 1. The van der Waals surface area contributed by atoms with Crippen LogP contribution >= 0.6 is 15.9 Å². The molecule has 1 aliphatic rings. The van der Waals surface area contributed by atoms with Crippen LogP contribution in [0, 0.1) is 0 Å². The number of nitrogen functional groups attached to an aromatic ring is 1. The predicted octanol–water partition coefficient (Wildman–Crippen LogP) is 10.8. The molecule has 1 aromatic heterocycles. The SMILES string of the molecule is Brc1ccc(-c2ccc3c4ccccc4n(-c4ccccc4)c3c2)cc1.CC1(C)c2ccccc2-c2ccc(N)cc21. The zero-order valence-corrected chi connectivity index (χ0v) is 25.3. The molecule has 0 aliphatic heterocycles. The minimum Gasteiger partial charge on any atom is -0.399 e. The summed E-state index contributed by atoms with van der Waals surface area (Å²) in [4.78, 5) is 0. The summed E-state index contributed by atoms with van der Waals surface area (Å²) in [5.41, 5.74) is 18.3. The van der Waals surface area contributed by atoms with E-state index in [9.17, 15) is 0 Å². The van der Waals surface area contributed by atoms with Gasteiger partial charge in [0.1, 0.15) is 0 Å². The highest BCUT2D eigenvalue weighted by Crippen LogP contribution is 2.48. The van der Waals surface area contributed by atoms with Crippen molar-refractivity contribution in [3.8, 4) is 27.9 Å². The Balaban J connectivity index is 0.000000154. The van der Waals surface area contributed by atoms with Gasteiger partial charge < -0.3 is 10.3 Å². The van der Waals surface area contributed by atoms with Crippen LogP contribution in [0.25, 0.3) is 49.7 Å². The van der Waals surface area contributed by atoms with E-state index < -0.39 is 0 Å². The van der Waals surface area contributed by atoms with E-state index in [0.29, 0.717) is 0 Å². The second-order valence-corrected chi connectivity index (χ2v) is 12.3.